The number of hydrogen-bond acceptors (Lipinski definition) is 5. The van der Waals surface area contributed by atoms with Gasteiger partial charge in [-0.2, -0.15) is 0 Å². The second-order valence-electron chi connectivity index (χ2n) is 5.73. The maximum Gasteiger partial charge on any atom is 0.264 e. The molecule has 0 saturated heterocycles. The van der Waals surface area contributed by atoms with Crippen LogP contribution in [0.5, 0.6) is 5.75 Å². The van der Waals surface area contributed by atoms with Gasteiger partial charge in [-0.1, -0.05) is 20.8 Å². The van der Waals surface area contributed by atoms with Gasteiger partial charge in [0.1, 0.15) is 10.6 Å². The molecule has 0 aliphatic rings. The van der Waals surface area contributed by atoms with Gasteiger partial charge in [0, 0.05) is 16.7 Å². The van der Waals surface area contributed by atoms with Crippen molar-refractivity contribution in [1.82, 2.24) is 0 Å². The van der Waals surface area contributed by atoms with E-state index in [0.717, 1.165) is 0 Å². The van der Waals surface area contributed by atoms with Crippen LogP contribution < -0.4 is 9.46 Å². The second-order valence-corrected chi connectivity index (χ2v) is 9.98. The van der Waals surface area contributed by atoms with Gasteiger partial charge in [-0.25, -0.2) is 16.8 Å². The van der Waals surface area contributed by atoms with Crippen molar-refractivity contribution < 1.29 is 21.6 Å². The molecule has 0 spiro atoms. The van der Waals surface area contributed by atoms with Crippen molar-refractivity contribution in [3.8, 4) is 5.75 Å². The minimum Gasteiger partial charge on any atom is -0.495 e. The van der Waals surface area contributed by atoms with Gasteiger partial charge in [0.2, 0.25) is 10.0 Å². The van der Waals surface area contributed by atoms with E-state index in [0.29, 0.717) is 0 Å². The fourth-order valence-corrected chi connectivity index (χ4v) is 4.41. The van der Waals surface area contributed by atoms with Crippen molar-refractivity contribution in [1.29, 1.82) is 0 Å². The SMILES string of the molecule is COc1cc(NS(=O)(=O)CC(C)(C)C)ccc1S(=O)(=O)Cl. The van der Waals surface area contributed by atoms with E-state index >= 15 is 0 Å². The van der Waals surface area contributed by atoms with E-state index in [2.05, 4.69) is 4.72 Å². The Bertz CT molecular complexity index is 721. The van der Waals surface area contributed by atoms with Crippen LogP contribution in [0.2, 0.25) is 0 Å². The molecule has 0 atom stereocenters. The average Bonchev–Trinajstić information content (AvgIpc) is 2.22. The highest BCUT2D eigenvalue weighted by Gasteiger charge is 2.23. The summed E-state index contributed by atoms with van der Waals surface area (Å²) in [6.45, 7) is 5.40. The van der Waals surface area contributed by atoms with Gasteiger partial charge in [0.05, 0.1) is 18.6 Å². The summed E-state index contributed by atoms with van der Waals surface area (Å²) in [6.07, 6.45) is 0. The van der Waals surface area contributed by atoms with Crippen LogP contribution in [0.3, 0.4) is 0 Å². The second kappa shape index (κ2) is 6.02. The van der Waals surface area contributed by atoms with Crippen LogP contribution in [-0.4, -0.2) is 29.7 Å². The Balaban J connectivity index is 3.13. The average molecular weight is 356 g/mol. The number of sulfonamides is 1. The predicted octanol–water partition coefficient (Wildman–Crippen LogP) is 2.41. The molecular weight excluding hydrogens is 338 g/mol. The lowest BCUT2D eigenvalue weighted by atomic mass is 10.0. The van der Waals surface area contributed by atoms with Gasteiger partial charge in [-0.15, -0.1) is 0 Å². The fourth-order valence-electron chi connectivity index (χ4n) is 1.72. The summed E-state index contributed by atoms with van der Waals surface area (Å²) in [5, 5.41) is 0. The van der Waals surface area contributed by atoms with Gasteiger partial charge >= 0.3 is 0 Å². The van der Waals surface area contributed by atoms with Crippen molar-refractivity contribution in [3.63, 3.8) is 0 Å². The first kappa shape index (κ1) is 18.1. The summed E-state index contributed by atoms with van der Waals surface area (Å²) in [6, 6.07) is 3.78. The number of methoxy groups -OCH3 is 1. The summed E-state index contributed by atoms with van der Waals surface area (Å²) in [5.74, 6) is -0.0984. The van der Waals surface area contributed by atoms with E-state index in [-0.39, 0.29) is 22.1 Å². The van der Waals surface area contributed by atoms with Crippen molar-refractivity contribution in [2.45, 2.75) is 25.7 Å². The third-order valence-electron chi connectivity index (χ3n) is 2.32. The van der Waals surface area contributed by atoms with Gasteiger partial charge in [-0.05, 0) is 17.5 Å². The first-order valence-corrected chi connectivity index (χ1v) is 9.93. The summed E-state index contributed by atoms with van der Waals surface area (Å²) < 4.78 is 54.0. The van der Waals surface area contributed by atoms with Crippen molar-refractivity contribution in [3.05, 3.63) is 18.2 Å². The van der Waals surface area contributed by atoms with Gasteiger partial charge in [0.25, 0.3) is 9.05 Å². The minimum absolute atomic E-state index is 0.0269. The number of halogens is 1. The zero-order valence-electron chi connectivity index (χ0n) is 12.2. The molecule has 6 nitrogen and oxygen atoms in total. The van der Waals surface area contributed by atoms with Crippen LogP contribution in [0.1, 0.15) is 20.8 Å². The van der Waals surface area contributed by atoms with Crippen molar-refractivity contribution in [2.24, 2.45) is 5.41 Å². The largest absolute Gasteiger partial charge is 0.495 e. The highest BCUT2D eigenvalue weighted by molar-refractivity contribution is 8.13. The van der Waals surface area contributed by atoms with E-state index in [4.69, 9.17) is 15.4 Å². The molecule has 0 saturated carbocycles. The molecule has 0 bridgehead atoms. The first-order valence-electron chi connectivity index (χ1n) is 5.97. The lowest BCUT2D eigenvalue weighted by molar-refractivity contribution is 0.403. The Kier molecular flexibility index (Phi) is 5.18. The fraction of sp³-hybridized carbons (Fsp3) is 0.500. The molecule has 120 valence electrons. The molecule has 9 heteroatoms. The molecular formula is C12H18ClNO5S2. The number of anilines is 1. The molecule has 0 aliphatic carbocycles. The zero-order valence-corrected chi connectivity index (χ0v) is 14.6. The zero-order chi connectivity index (χ0) is 16.5. The molecule has 0 fully saturated rings. The lowest BCUT2D eigenvalue weighted by Crippen LogP contribution is -2.26. The molecule has 0 unspecified atom stereocenters. The Morgan fingerprint density at radius 3 is 2.19 bits per heavy atom. The quantitative estimate of drug-likeness (QED) is 0.819. The highest BCUT2D eigenvalue weighted by atomic mass is 35.7. The van der Waals surface area contributed by atoms with E-state index < -0.39 is 24.5 Å². The Hall–Kier alpha value is -0.990. The van der Waals surface area contributed by atoms with E-state index in [1.807, 2.05) is 0 Å². The molecule has 0 amide bonds. The molecule has 0 aliphatic heterocycles. The molecule has 0 heterocycles. The Labute approximate surface area is 129 Å². The molecule has 1 N–H and O–H groups in total. The van der Waals surface area contributed by atoms with Crippen LogP contribution in [0.4, 0.5) is 5.69 Å². The maximum absolute atomic E-state index is 12.0. The number of nitrogens with one attached hydrogen (secondary N) is 1. The van der Waals surface area contributed by atoms with Crippen LogP contribution in [0.25, 0.3) is 0 Å². The standard InChI is InChI=1S/C12H18ClNO5S2/c1-12(2,3)8-20(15,16)14-9-5-6-11(21(13,17)18)10(7-9)19-4/h5-7,14H,8H2,1-4H3. The third kappa shape index (κ3) is 5.72. The normalized spacial score (nSPS) is 13.0. The number of ether oxygens (including phenoxy) is 1. The van der Waals surface area contributed by atoms with Crippen LogP contribution >= 0.6 is 10.7 Å². The van der Waals surface area contributed by atoms with Crippen LogP contribution in [0.15, 0.2) is 23.1 Å². The molecule has 1 rings (SSSR count). The maximum atomic E-state index is 12.0. The summed E-state index contributed by atoms with van der Waals surface area (Å²) in [7, 11) is -0.978. The number of rotatable bonds is 5. The molecule has 0 radical (unpaired) electrons. The monoisotopic (exact) mass is 355 g/mol. The number of hydrogen-bond donors (Lipinski definition) is 1. The third-order valence-corrected chi connectivity index (χ3v) is 5.48. The van der Waals surface area contributed by atoms with Crippen molar-refractivity contribution in [2.75, 3.05) is 17.6 Å². The molecule has 21 heavy (non-hydrogen) atoms. The van der Waals surface area contributed by atoms with E-state index in [1.165, 1.54) is 25.3 Å². The van der Waals surface area contributed by atoms with Crippen LogP contribution in [0, 0.1) is 5.41 Å². The minimum atomic E-state index is -3.96. The summed E-state index contributed by atoms with van der Waals surface area (Å²) in [4.78, 5) is -0.217. The topological polar surface area (TPSA) is 89.5 Å². The number of benzene rings is 1. The van der Waals surface area contributed by atoms with Crippen molar-refractivity contribution >= 4 is 35.4 Å². The molecule has 0 aromatic heterocycles. The van der Waals surface area contributed by atoms with E-state index in [1.54, 1.807) is 20.8 Å². The summed E-state index contributed by atoms with van der Waals surface area (Å²) >= 11 is 0. The van der Waals surface area contributed by atoms with Crippen LogP contribution in [-0.2, 0) is 19.1 Å². The van der Waals surface area contributed by atoms with Gasteiger partial charge in [-0.3, -0.25) is 4.72 Å². The van der Waals surface area contributed by atoms with Gasteiger partial charge in [0.15, 0.2) is 0 Å². The lowest BCUT2D eigenvalue weighted by Gasteiger charge is -2.19. The Morgan fingerprint density at radius 2 is 1.76 bits per heavy atom. The Morgan fingerprint density at radius 1 is 1.19 bits per heavy atom. The van der Waals surface area contributed by atoms with Gasteiger partial charge < -0.3 is 4.74 Å². The molecule has 1 aromatic carbocycles. The predicted molar refractivity (Wildman–Crippen MR) is 82.9 cm³/mol. The van der Waals surface area contributed by atoms with E-state index in [9.17, 15) is 16.8 Å². The molecule has 1 aromatic rings. The smallest absolute Gasteiger partial charge is 0.264 e. The first-order chi connectivity index (χ1) is 9.34. The summed E-state index contributed by atoms with van der Waals surface area (Å²) in [5.41, 5.74) is -0.199. The highest BCUT2D eigenvalue weighted by Crippen LogP contribution is 2.30.